The van der Waals surface area contributed by atoms with Crippen LogP contribution in [-0.4, -0.2) is 72.9 Å². The van der Waals surface area contributed by atoms with Crippen LogP contribution in [0, 0.1) is 5.92 Å². The third-order valence-corrected chi connectivity index (χ3v) is 4.28. The number of likely N-dealkylation sites (tertiary alicyclic amines) is 1. The summed E-state index contributed by atoms with van der Waals surface area (Å²) in [6.45, 7) is 8.64. The third kappa shape index (κ3) is 4.16. The molecule has 2 aliphatic heterocycles. The molecule has 0 unspecified atom stereocenters. The number of carbonyl (C=O) groups is 1. The second-order valence-corrected chi connectivity index (χ2v) is 5.68. The predicted octanol–water partition coefficient (Wildman–Crippen LogP) is 0.894. The molecule has 2 atom stereocenters. The van der Waals surface area contributed by atoms with Gasteiger partial charge in [0.25, 0.3) is 0 Å². The highest BCUT2D eigenvalue weighted by atomic mass is 16.5. The Kier molecular flexibility index (Phi) is 5.60. The minimum Gasteiger partial charge on any atom is -0.480 e. The van der Waals surface area contributed by atoms with Gasteiger partial charge in [-0.1, -0.05) is 6.92 Å². The van der Waals surface area contributed by atoms with Crippen LogP contribution in [0.3, 0.4) is 0 Å². The molecule has 1 N–H and O–H groups in total. The Morgan fingerprint density at radius 3 is 2.74 bits per heavy atom. The van der Waals surface area contributed by atoms with Gasteiger partial charge in [0.2, 0.25) is 0 Å². The smallest absolute Gasteiger partial charge is 0.320 e. The van der Waals surface area contributed by atoms with Crippen molar-refractivity contribution in [1.82, 2.24) is 9.80 Å². The van der Waals surface area contributed by atoms with Gasteiger partial charge in [-0.2, -0.15) is 0 Å². The molecule has 5 heteroatoms. The van der Waals surface area contributed by atoms with E-state index in [0.29, 0.717) is 12.3 Å². The second-order valence-electron chi connectivity index (χ2n) is 5.68. The number of ether oxygens (including phenoxy) is 1. The number of morpholine rings is 1. The lowest BCUT2D eigenvalue weighted by molar-refractivity contribution is -0.144. The highest BCUT2D eigenvalue weighted by Gasteiger charge is 2.30. The zero-order valence-electron chi connectivity index (χ0n) is 11.9. The van der Waals surface area contributed by atoms with Gasteiger partial charge in [-0.3, -0.25) is 14.6 Å². The standard InChI is InChI=1S/C14H26N2O3/c1-2-13(14(17)18)16-5-3-4-12(11-16)10-15-6-8-19-9-7-15/h12-13H,2-11H2,1H3,(H,17,18)/t12-,13-/m1/s1. The van der Waals surface area contributed by atoms with Gasteiger partial charge >= 0.3 is 5.97 Å². The van der Waals surface area contributed by atoms with E-state index in [1.54, 1.807) is 0 Å². The molecule has 2 aliphatic rings. The van der Waals surface area contributed by atoms with E-state index in [9.17, 15) is 9.90 Å². The summed E-state index contributed by atoms with van der Waals surface area (Å²) in [5.41, 5.74) is 0. The van der Waals surface area contributed by atoms with Crippen LogP contribution in [0.15, 0.2) is 0 Å². The molecule has 0 radical (unpaired) electrons. The van der Waals surface area contributed by atoms with Gasteiger partial charge in [0.05, 0.1) is 13.2 Å². The normalized spacial score (nSPS) is 28.2. The molecule has 2 fully saturated rings. The van der Waals surface area contributed by atoms with Crippen LogP contribution in [0.2, 0.25) is 0 Å². The largest absolute Gasteiger partial charge is 0.480 e. The van der Waals surface area contributed by atoms with Gasteiger partial charge in [0.15, 0.2) is 0 Å². The van der Waals surface area contributed by atoms with Crippen molar-refractivity contribution in [2.75, 3.05) is 45.9 Å². The Bertz CT molecular complexity index is 292. The van der Waals surface area contributed by atoms with Crippen LogP contribution < -0.4 is 0 Å². The maximum absolute atomic E-state index is 11.3. The summed E-state index contributed by atoms with van der Waals surface area (Å²) in [6.07, 6.45) is 3.04. The molecule has 5 nitrogen and oxygen atoms in total. The number of rotatable bonds is 5. The van der Waals surface area contributed by atoms with Crippen molar-refractivity contribution in [1.29, 1.82) is 0 Å². The first-order valence-electron chi connectivity index (χ1n) is 7.47. The van der Waals surface area contributed by atoms with Crippen molar-refractivity contribution in [3.63, 3.8) is 0 Å². The number of hydrogen-bond acceptors (Lipinski definition) is 4. The molecule has 2 rings (SSSR count). The number of piperidine rings is 1. The van der Waals surface area contributed by atoms with E-state index in [1.165, 1.54) is 6.42 Å². The number of carboxylic acid groups (broad SMARTS) is 1. The molecule has 0 aromatic rings. The summed E-state index contributed by atoms with van der Waals surface area (Å²) in [5.74, 6) is -0.0604. The number of carboxylic acids is 1. The monoisotopic (exact) mass is 270 g/mol. The van der Waals surface area contributed by atoms with Crippen molar-refractivity contribution >= 4 is 5.97 Å². The van der Waals surface area contributed by atoms with Crippen molar-refractivity contribution in [2.45, 2.75) is 32.2 Å². The van der Waals surface area contributed by atoms with E-state index in [1.807, 2.05) is 6.92 Å². The highest BCUT2D eigenvalue weighted by Crippen LogP contribution is 2.21. The maximum atomic E-state index is 11.3. The maximum Gasteiger partial charge on any atom is 0.320 e. The molecule has 0 aliphatic carbocycles. The lowest BCUT2D eigenvalue weighted by atomic mass is 9.95. The molecule has 0 spiro atoms. The van der Waals surface area contributed by atoms with Gasteiger partial charge in [0.1, 0.15) is 6.04 Å². The third-order valence-electron chi connectivity index (χ3n) is 4.28. The molecule has 19 heavy (non-hydrogen) atoms. The van der Waals surface area contributed by atoms with Crippen molar-refractivity contribution in [3.8, 4) is 0 Å². The molecule has 0 aromatic heterocycles. The fraction of sp³-hybridized carbons (Fsp3) is 0.929. The molecule has 2 heterocycles. The van der Waals surface area contributed by atoms with E-state index in [2.05, 4.69) is 9.80 Å². The highest BCUT2D eigenvalue weighted by molar-refractivity contribution is 5.73. The first-order chi connectivity index (χ1) is 9.20. The van der Waals surface area contributed by atoms with Gasteiger partial charge in [-0.15, -0.1) is 0 Å². The quantitative estimate of drug-likeness (QED) is 0.804. The zero-order chi connectivity index (χ0) is 13.7. The first-order valence-corrected chi connectivity index (χ1v) is 7.47. The molecule has 0 saturated carbocycles. The minimum absolute atomic E-state index is 0.299. The fourth-order valence-electron chi connectivity index (χ4n) is 3.27. The molecule has 0 amide bonds. The molecular formula is C14H26N2O3. The summed E-state index contributed by atoms with van der Waals surface area (Å²) < 4.78 is 5.37. The van der Waals surface area contributed by atoms with E-state index in [4.69, 9.17) is 4.74 Å². The van der Waals surface area contributed by atoms with Crippen LogP contribution in [0.4, 0.5) is 0 Å². The van der Waals surface area contributed by atoms with Crippen molar-refractivity contribution < 1.29 is 14.6 Å². The van der Waals surface area contributed by atoms with Crippen LogP contribution in [-0.2, 0) is 9.53 Å². The van der Waals surface area contributed by atoms with Crippen LogP contribution in [0.25, 0.3) is 0 Å². The van der Waals surface area contributed by atoms with Gasteiger partial charge < -0.3 is 9.84 Å². The Morgan fingerprint density at radius 2 is 2.11 bits per heavy atom. The van der Waals surface area contributed by atoms with Crippen molar-refractivity contribution in [2.24, 2.45) is 5.92 Å². The summed E-state index contributed by atoms with van der Waals surface area (Å²) in [7, 11) is 0. The molecule has 110 valence electrons. The average molecular weight is 270 g/mol. The fourth-order valence-corrected chi connectivity index (χ4v) is 3.27. The lowest BCUT2D eigenvalue weighted by Crippen LogP contribution is -2.49. The van der Waals surface area contributed by atoms with Gasteiger partial charge in [-0.05, 0) is 31.7 Å². The Labute approximate surface area is 115 Å². The van der Waals surface area contributed by atoms with Crippen molar-refractivity contribution in [3.05, 3.63) is 0 Å². The molecule has 0 bridgehead atoms. The van der Waals surface area contributed by atoms with Crippen LogP contribution >= 0.6 is 0 Å². The minimum atomic E-state index is -0.672. The summed E-state index contributed by atoms with van der Waals surface area (Å²) in [4.78, 5) is 15.9. The summed E-state index contributed by atoms with van der Waals surface area (Å²) in [5, 5.41) is 9.26. The zero-order valence-corrected chi connectivity index (χ0v) is 11.9. The SMILES string of the molecule is CC[C@H](C(=O)O)N1CCC[C@H](CN2CCOCC2)C1. The Balaban J connectivity index is 1.83. The Morgan fingerprint density at radius 1 is 1.37 bits per heavy atom. The number of nitrogens with zero attached hydrogens (tertiary/aromatic N) is 2. The average Bonchev–Trinajstić information content (AvgIpc) is 2.41. The molecule has 0 aromatic carbocycles. The Hall–Kier alpha value is -0.650. The number of aliphatic carboxylic acids is 1. The topological polar surface area (TPSA) is 53.0 Å². The summed E-state index contributed by atoms with van der Waals surface area (Å²) in [6, 6.07) is -0.299. The molecule has 2 saturated heterocycles. The molecular weight excluding hydrogens is 244 g/mol. The lowest BCUT2D eigenvalue weighted by Gasteiger charge is -2.38. The summed E-state index contributed by atoms with van der Waals surface area (Å²) >= 11 is 0. The van der Waals surface area contributed by atoms with E-state index >= 15 is 0 Å². The predicted molar refractivity (Wildman–Crippen MR) is 73.3 cm³/mol. The van der Waals surface area contributed by atoms with E-state index in [-0.39, 0.29) is 6.04 Å². The van der Waals surface area contributed by atoms with Gasteiger partial charge in [0, 0.05) is 26.2 Å². The van der Waals surface area contributed by atoms with Crippen LogP contribution in [0.5, 0.6) is 0 Å². The number of hydrogen-bond donors (Lipinski definition) is 1. The second kappa shape index (κ2) is 7.22. The van der Waals surface area contributed by atoms with E-state index < -0.39 is 5.97 Å². The van der Waals surface area contributed by atoms with E-state index in [0.717, 1.165) is 52.4 Å². The first kappa shape index (κ1) is 14.8. The van der Waals surface area contributed by atoms with Gasteiger partial charge in [-0.25, -0.2) is 0 Å². The van der Waals surface area contributed by atoms with Crippen LogP contribution in [0.1, 0.15) is 26.2 Å².